The molecule has 1 atom stereocenters. The maximum absolute atomic E-state index is 13.1. The highest BCUT2D eigenvalue weighted by atomic mass is 19.1. The minimum atomic E-state index is -0.263. The van der Waals surface area contributed by atoms with Gasteiger partial charge < -0.3 is 15.0 Å². The lowest BCUT2D eigenvalue weighted by atomic mass is 9.86. The van der Waals surface area contributed by atoms with E-state index in [4.69, 9.17) is 4.74 Å². The molecule has 1 N–H and O–H groups in total. The van der Waals surface area contributed by atoms with Crippen molar-refractivity contribution in [2.75, 3.05) is 31.6 Å². The predicted octanol–water partition coefficient (Wildman–Crippen LogP) is 4.22. The van der Waals surface area contributed by atoms with Gasteiger partial charge in [0.2, 0.25) is 5.91 Å². The lowest BCUT2D eigenvalue weighted by Gasteiger charge is -2.32. The number of carbonyl (C=O) groups is 1. The largest absolute Gasteiger partial charge is 0.490 e. The minimum Gasteiger partial charge on any atom is -0.490 e. The molecule has 1 aliphatic carbocycles. The van der Waals surface area contributed by atoms with Crippen molar-refractivity contribution >= 4 is 11.6 Å². The van der Waals surface area contributed by atoms with Gasteiger partial charge in [0.25, 0.3) is 0 Å². The molecular weight excluding hydrogens is 405 g/mol. The Morgan fingerprint density at radius 3 is 2.44 bits per heavy atom. The summed E-state index contributed by atoms with van der Waals surface area (Å²) in [6.45, 7) is 6.33. The second kappa shape index (κ2) is 10.5. The molecule has 1 amide bonds. The van der Waals surface area contributed by atoms with E-state index in [-0.39, 0.29) is 23.7 Å². The third-order valence-electron chi connectivity index (χ3n) is 6.65. The fraction of sp³-hybridized carbons (Fsp3) is 0.500. The highest BCUT2D eigenvalue weighted by Crippen LogP contribution is 2.30. The van der Waals surface area contributed by atoms with Gasteiger partial charge in [-0.05, 0) is 74.6 Å². The summed E-state index contributed by atoms with van der Waals surface area (Å²) in [4.78, 5) is 17.3. The van der Waals surface area contributed by atoms with E-state index in [2.05, 4.69) is 41.4 Å². The van der Waals surface area contributed by atoms with E-state index in [0.29, 0.717) is 11.8 Å². The third-order valence-corrected chi connectivity index (χ3v) is 6.65. The van der Waals surface area contributed by atoms with Crippen molar-refractivity contribution in [3.8, 4) is 5.75 Å². The van der Waals surface area contributed by atoms with Crippen LogP contribution in [-0.2, 0) is 11.3 Å². The van der Waals surface area contributed by atoms with Crippen molar-refractivity contribution < 1.29 is 13.9 Å². The van der Waals surface area contributed by atoms with E-state index in [9.17, 15) is 9.18 Å². The Morgan fingerprint density at radius 1 is 1.09 bits per heavy atom. The highest BCUT2D eigenvalue weighted by Gasteiger charge is 2.29. The standard InChI is InChI=1S/C26H34FN3O2/c1-19-17-30(16-15-28-19)18-20-3-9-23(10-4-20)29(2)26(31)21-5-11-24(12-6-21)32-25-13-7-22(27)8-14-25/h3-4,7-10,13-14,19,21,24,28H,5-6,11-12,15-18H2,1-2H3/t19-,21-,24-/m0/s1. The molecule has 2 aromatic rings. The number of carbonyl (C=O) groups excluding carboxylic acids is 1. The molecule has 4 rings (SSSR count). The number of nitrogens with zero attached hydrogens (tertiary/aromatic N) is 2. The van der Waals surface area contributed by atoms with Gasteiger partial charge in [-0.2, -0.15) is 0 Å². The molecule has 172 valence electrons. The topological polar surface area (TPSA) is 44.8 Å². The van der Waals surface area contributed by atoms with E-state index in [1.807, 2.05) is 7.05 Å². The number of halogens is 1. The molecule has 1 saturated carbocycles. The fourth-order valence-electron chi connectivity index (χ4n) is 4.77. The summed E-state index contributed by atoms with van der Waals surface area (Å²) in [5, 5.41) is 3.47. The molecular formula is C26H34FN3O2. The van der Waals surface area contributed by atoms with Gasteiger partial charge in [-0.1, -0.05) is 12.1 Å². The van der Waals surface area contributed by atoms with Crippen LogP contribution < -0.4 is 15.0 Å². The molecule has 2 aromatic carbocycles. The first kappa shape index (κ1) is 22.7. The van der Waals surface area contributed by atoms with Gasteiger partial charge in [-0.3, -0.25) is 9.69 Å². The van der Waals surface area contributed by atoms with Gasteiger partial charge in [0, 0.05) is 50.9 Å². The number of nitrogens with one attached hydrogen (secondary N) is 1. The van der Waals surface area contributed by atoms with Gasteiger partial charge in [0.15, 0.2) is 0 Å². The number of hydrogen-bond donors (Lipinski definition) is 1. The van der Waals surface area contributed by atoms with Crippen LogP contribution in [0.2, 0.25) is 0 Å². The van der Waals surface area contributed by atoms with Crippen LogP contribution in [0, 0.1) is 11.7 Å². The number of rotatable bonds is 6. The Bertz CT molecular complexity index is 879. The quantitative estimate of drug-likeness (QED) is 0.732. The normalized spacial score (nSPS) is 24.2. The molecule has 0 unspecified atom stereocenters. The Labute approximate surface area is 190 Å². The van der Waals surface area contributed by atoms with Crippen LogP contribution in [0.15, 0.2) is 48.5 Å². The van der Waals surface area contributed by atoms with Gasteiger partial charge in [-0.15, -0.1) is 0 Å². The summed E-state index contributed by atoms with van der Waals surface area (Å²) in [5.74, 6) is 0.624. The number of amides is 1. The SMILES string of the molecule is C[C@H]1CN(Cc2ccc(N(C)C(=O)[C@H]3CC[C@H](Oc4ccc(F)cc4)CC3)cc2)CCN1. The molecule has 32 heavy (non-hydrogen) atoms. The summed E-state index contributed by atoms with van der Waals surface area (Å²) in [6, 6.07) is 15.1. The van der Waals surface area contributed by atoms with E-state index in [1.165, 1.54) is 17.7 Å². The summed E-state index contributed by atoms with van der Waals surface area (Å²) in [5.41, 5.74) is 2.22. The third kappa shape index (κ3) is 5.87. The summed E-state index contributed by atoms with van der Waals surface area (Å²) in [7, 11) is 1.87. The average molecular weight is 440 g/mol. The zero-order valence-electron chi connectivity index (χ0n) is 19.1. The molecule has 6 heteroatoms. The van der Waals surface area contributed by atoms with Gasteiger partial charge >= 0.3 is 0 Å². The molecule has 5 nitrogen and oxygen atoms in total. The zero-order valence-corrected chi connectivity index (χ0v) is 19.1. The number of benzene rings is 2. The van der Waals surface area contributed by atoms with Crippen molar-refractivity contribution in [3.05, 3.63) is 59.9 Å². The first-order chi connectivity index (χ1) is 15.5. The molecule has 0 spiro atoms. The lowest BCUT2D eigenvalue weighted by Crippen LogP contribution is -2.48. The van der Waals surface area contributed by atoms with Crippen LogP contribution in [0.5, 0.6) is 5.75 Å². The van der Waals surface area contributed by atoms with Crippen LogP contribution in [0.25, 0.3) is 0 Å². The molecule has 2 aliphatic rings. The first-order valence-corrected chi connectivity index (χ1v) is 11.7. The Kier molecular flexibility index (Phi) is 7.43. The van der Waals surface area contributed by atoms with Crippen molar-refractivity contribution in [1.29, 1.82) is 0 Å². The summed E-state index contributed by atoms with van der Waals surface area (Å²) >= 11 is 0. The Morgan fingerprint density at radius 2 is 1.78 bits per heavy atom. The maximum atomic E-state index is 13.1. The molecule has 0 radical (unpaired) electrons. The van der Waals surface area contributed by atoms with E-state index < -0.39 is 0 Å². The maximum Gasteiger partial charge on any atom is 0.229 e. The number of anilines is 1. The molecule has 1 saturated heterocycles. The van der Waals surface area contributed by atoms with Crippen LogP contribution >= 0.6 is 0 Å². The van der Waals surface area contributed by atoms with Crippen LogP contribution in [0.1, 0.15) is 38.2 Å². The monoisotopic (exact) mass is 439 g/mol. The van der Waals surface area contributed by atoms with Crippen LogP contribution in [0.4, 0.5) is 10.1 Å². The van der Waals surface area contributed by atoms with Crippen LogP contribution in [0.3, 0.4) is 0 Å². The predicted molar refractivity (Wildman–Crippen MR) is 125 cm³/mol. The van der Waals surface area contributed by atoms with Crippen molar-refractivity contribution in [2.45, 2.75) is 51.3 Å². The number of ether oxygens (including phenoxy) is 1. The van der Waals surface area contributed by atoms with E-state index >= 15 is 0 Å². The van der Waals surface area contributed by atoms with Gasteiger partial charge in [0.1, 0.15) is 11.6 Å². The molecule has 0 bridgehead atoms. The lowest BCUT2D eigenvalue weighted by molar-refractivity contribution is -0.123. The van der Waals surface area contributed by atoms with E-state index in [1.54, 1.807) is 17.0 Å². The van der Waals surface area contributed by atoms with Crippen molar-refractivity contribution in [2.24, 2.45) is 5.92 Å². The Balaban J connectivity index is 1.26. The fourth-order valence-corrected chi connectivity index (χ4v) is 4.77. The number of piperazine rings is 1. The van der Waals surface area contributed by atoms with Crippen molar-refractivity contribution in [1.82, 2.24) is 10.2 Å². The second-order valence-corrected chi connectivity index (χ2v) is 9.20. The summed E-state index contributed by atoms with van der Waals surface area (Å²) in [6.07, 6.45) is 3.39. The van der Waals surface area contributed by atoms with Gasteiger partial charge in [-0.25, -0.2) is 4.39 Å². The first-order valence-electron chi connectivity index (χ1n) is 11.7. The van der Waals surface area contributed by atoms with Crippen molar-refractivity contribution in [3.63, 3.8) is 0 Å². The Hall–Kier alpha value is -2.44. The molecule has 0 aromatic heterocycles. The summed E-state index contributed by atoms with van der Waals surface area (Å²) < 4.78 is 19.0. The average Bonchev–Trinajstić information content (AvgIpc) is 2.81. The smallest absolute Gasteiger partial charge is 0.229 e. The van der Waals surface area contributed by atoms with Crippen LogP contribution in [-0.4, -0.2) is 49.6 Å². The number of hydrogen-bond acceptors (Lipinski definition) is 4. The second-order valence-electron chi connectivity index (χ2n) is 9.20. The van der Waals surface area contributed by atoms with E-state index in [0.717, 1.165) is 57.5 Å². The highest BCUT2D eigenvalue weighted by molar-refractivity contribution is 5.94. The molecule has 1 aliphatic heterocycles. The molecule has 1 heterocycles. The van der Waals surface area contributed by atoms with Gasteiger partial charge in [0.05, 0.1) is 6.10 Å². The minimum absolute atomic E-state index is 0.0232. The molecule has 2 fully saturated rings. The zero-order chi connectivity index (χ0) is 22.5.